The number of carbonyl (C=O) groups excluding carboxylic acids is 1. The molecule has 0 saturated heterocycles. The molecule has 1 amide bonds. The zero-order chi connectivity index (χ0) is 13.2. The van der Waals surface area contributed by atoms with Crippen molar-refractivity contribution in [2.75, 3.05) is 0 Å². The van der Waals surface area contributed by atoms with Crippen LogP contribution in [0.2, 0.25) is 5.02 Å². The Bertz CT molecular complexity index is 435. The Morgan fingerprint density at radius 3 is 2.59 bits per heavy atom. The van der Waals surface area contributed by atoms with Crippen molar-refractivity contribution in [1.82, 2.24) is 5.32 Å². The van der Waals surface area contributed by atoms with Gasteiger partial charge in [0, 0.05) is 19.5 Å². The molecule has 2 nitrogen and oxygen atoms in total. The molecular weight excluding hydrogens is 416 g/mol. The highest BCUT2D eigenvalue weighted by molar-refractivity contribution is 14.1. The molecule has 1 atom stereocenters. The predicted octanol–water partition coefficient (Wildman–Crippen LogP) is 4.24. The van der Waals surface area contributed by atoms with Crippen molar-refractivity contribution < 1.29 is 4.79 Å². The minimum absolute atomic E-state index is 0.111. The van der Waals surface area contributed by atoms with Gasteiger partial charge in [0.15, 0.2) is 0 Å². The third-order valence-corrected chi connectivity index (χ3v) is 5.33. The molecule has 0 radical (unpaired) electrons. The molecule has 0 aliphatic rings. The van der Waals surface area contributed by atoms with Gasteiger partial charge in [0.05, 0.1) is 5.02 Å². The Morgan fingerprint density at radius 2 is 2.12 bits per heavy atom. The van der Waals surface area contributed by atoms with E-state index in [2.05, 4.69) is 43.8 Å². The molecule has 1 N–H and O–H groups in total. The van der Waals surface area contributed by atoms with E-state index in [9.17, 15) is 4.79 Å². The third kappa shape index (κ3) is 4.10. The number of halogens is 3. The number of benzene rings is 1. The van der Waals surface area contributed by atoms with Gasteiger partial charge in [-0.15, -0.1) is 0 Å². The maximum atomic E-state index is 12.0. The molecule has 1 rings (SSSR count). The molecule has 1 aromatic carbocycles. The van der Waals surface area contributed by atoms with Gasteiger partial charge in [0.2, 0.25) is 0 Å². The lowest BCUT2D eigenvalue weighted by atomic mass is 10.0. The van der Waals surface area contributed by atoms with Crippen LogP contribution in [0.4, 0.5) is 0 Å². The summed E-state index contributed by atoms with van der Waals surface area (Å²) in [5.41, 5.74) is 0.267. The predicted molar refractivity (Wildman–Crippen MR) is 84.1 cm³/mol. The summed E-state index contributed by atoms with van der Waals surface area (Å²) in [7, 11) is 0. The van der Waals surface area contributed by atoms with Gasteiger partial charge in [-0.25, -0.2) is 0 Å². The summed E-state index contributed by atoms with van der Waals surface area (Å²) in [4.78, 5) is 12.2. The summed E-state index contributed by atoms with van der Waals surface area (Å²) < 4.78 is 0.939. The standard InChI is InChI=1S/C12H14BrClINO/c1-7(13)12(2,3)16-11(17)8-4-5-10(15)9(14)6-8/h4-7H,1-3H3,(H,16,17). The maximum absolute atomic E-state index is 12.0. The van der Waals surface area contributed by atoms with Gasteiger partial charge in [0.1, 0.15) is 0 Å². The van der Waals surface area contributed by atoms with Gasteiger partial charge in [-0.3, -0.25) is 4.79 Å². The summed E-state index contributed by atoms with van der Waals surface area (Å²) in [6.45, 7) is 5.94. The lowest BCUT2D eigenvalue weighted by Crippen LogP contribution is -2.48. The van der Waals surface area contributed by atoms with Gasteiger partial charge < -0.3 is 5.32 Å². The summed E-state index contributed by atoms with van der Waals surface area (Å²) >= 11 is 11.6. The monoisotopic (exact) mass is 429 g/mol. The average molecular weight is 431 g/mol. The topological polar surface area (TPSA) is 29.1 Å². The summed E-state index contributed by atoms with van der Waals surface area (Å²) in [5.74, 6) is -0.111. The van der Waals surface area contributed by atoms with E-state index in [1.165, 1.54) is 0 Å². The lowest BCUT2D eigenvalue weighted by Gasteiger charge is -2.29. The van der Waals surface area contributed by atoms with E-state index < -0.39 is 0 Å². The number of amides is 1. The fourth-order valence-electron chi connectivity index (χ4n) is 1.10. The van der Waals surface area contributed by atoms with Crippen molar-refractivity contribution in [3.8, 4) is 0 Å². The van der Waals surface area contributed by atoms with Crippen LogP contribution in [0.3, 0.4) is 0 Å². The van der Waals surface area contributed by atoms with Crippen molar-refractivity contribution in [3.05, 3.63) is 32.4 Å². The van der Waals surface area contributed by atoms with E-state index in [1.807, 2.05) is 26.8 Å². The number of alkyl halides is 1. The first-order chi connectivity index (χ1) is 7.74. The number of carbonyl (C=O) groups is 1. The highest BCUT2D eigenvalue weighted by Gasteiger charge is 2.26. The Hall–Kier alpha value is 0.190. The van der Waals surface area contributed by atoms with Crippen molar-refractivity contribution in [2.45, 2.75) is 31.1 Å². The molecular formula is C12H14BrClINO. The number of hydrogen-bond donors (Lipinski definition) is 1. The van der Waals surface area contributed by atoms with Crippen molar-refractivity contribution in [3.63, 3.8) is 0 Å². The average Bonchev–Trinajstić information content (AvgIpc) is 2.21. The van der Waals surface area contributed by atoms with Crippen LogP contribution in [0.1, 0.15) is 31.1 Å². The molecule has 0 heterocycles. The van der Waals surface area contributed by atoms with Gasteiger partial charge >= 0.3 is 0 Å². The second kappa shape index (κ2) is 5.89. The molecule has 1 unspecified atom stereocenters. The minimum atomic E-state index is -0.313. The molecule has 0 fully saturated rings. The summed E-state index contributed by atoms with van der Waals surface area (Å²) in [6.07, 6.45) is 0. The largest absolute Gasteiger partial charge is 0.346 e. The first kappa shape index (κ1) is 15.2. The van der Waals surface area contributed by atoms with Crippen molar-refractivity contribution in [2.24, 2.45) is 0 Å². The van der Waals surface area contributed by atoms with Crippen LogP contribution >= 0.6 is 50.1 Å². The van der Waals surface area contributed by atoms with Gasteiger partial charge in [-0.2, -0.15) is 0 Å². The van der Waals surface area contributed by atoms with E-state index in [0.717, 1.165) is 3.57 Å². The van der Waals surface area contributed by atoms with Crippen LogP contribution < -0.4 is 5.32 Å². The Kier molecular flexibility index (Phi) is 5.28. The number of hydrogen-bond acceptors (Lipinski definition) is 1. The Morgan fingerprint density at radius 1 is 1.53 bits per heavy atom. The van der Waals surface area contributed by atoms with Crippen LogP contribution in [0.5, 0.6) is 0 Å². The van der Waals surface area contributed by atoms with Crippen LogP contribution in [0.25, 0.3) is 0 Å². The molecule has 1 aromatic rings. The molecule has 94 valence electrons. The third-order valence-electron chi connectivity index (χ3n) is 2.61. The van der Waals surface area contributed by atoms with Crippen LogP contribution in [0, 0.1) is 3.57 Å². The number of rotatable bonds is 3. The highest BCUT2D eigenvalue weighted by atomic mass is 127. The number of nitrogens with one attached hydrogen (secondary N) is 1. The molecule has 0 aliphatic carbocycles. The zero-order valence-corrected chi connectivity index (χ0v) is 14.4. The van der Waals surface area contributed by atoms with Gasteiger partial charge in [-0.1, -0.05) is 34.5 Å². The molecule has 17 heavy (non-hydrogen) atoms. The lowest BCUT2D eigenvalue weighted by molar-refractivity contribution is 0.0914. The molecule has 0 saturated carbocycles. The van der Waals surface area contributed by atoms with E-state index in [0.29, 0.717) is 10.6 Å². The smallest absolute Gasteiger partial charge is 0.251 e. The van der Waals surface area contributed by atoms with Crippen LogP contribution in [-0.2, 0) is 0 Å². The van der Waals surface area contributed by atoms with Crippen LogP contribution in [0.15, 0.2) is 18.2 Å². The highest BCUT2D eigenvalue weighted by Crippen LogP contribution is 2.21. The van der Waals surface area contributed by atoms with Crippen molar-refractivity contribution >= 4 is 56.0 Å². The van der Waals surface area contributed by atoms with E-state index in [4.69, 9.17) is 11.6 Å². The minimum Gasteiger partial charge on any atom is -0.346 e. The first-order valence-electron chi connectivity index (χ1n) is 5.15. The fourth-order valence-corrected chi connectivity index (χ4v) is 1.73. The Balaban J connectivity index is 2.87. The molecule has 0 aliphatic heterocycles. The molecule has 0 spiro atoms. The van der Waals surface area contributed by atoms with Gasteiger partial charge in [0.25, 0.3) is 5.91 Å². The maximum Gasteiger partial charge on any atom is 0.251 e. The second-order valence-electron chi connectivity index (χ2n) is 4.42. The normalized spacial score (nSPS) is 13.3. The van der Waals surface area contributed by atoms with E-state index in [-0.39, 0.29) is 16.3 Å². The van der Waals surface area contributed by atoms with E-state index >= 15 is 0 Å². The molecule has 0 bridgehead atoms. The fraction of sp³-hybridized carbons (Fsp3) is 0.417. The second-order valence-corrected chi connectivity index (χ2v) is 7.36. The Labute approximate surface area is 129 Å². The van der Waals surface area contributed by atoms with Gasteiger partial charge in [-0.05, 0) is 54.6 Å². The van der Waals surface area contributed by atoms with E-state index in [1.54, 1.807) is 12.1 Å². The SMILES string of the molecule is CC(Br)C(C)(C)NC(=O)c1ccc(I)c(Cl)c1. The van der Waals surface area contributed by atoms with Crippen LogP contribution in [-0.4, -0.2) is 16.3 Å². The zero-order valence-electron chi connectivity index (χ0n) is 9.85. The molecule has 5 heteroatoms. The summed E-state index contributed by atoms with van der Waals surface area (Å²) in [5, 5.41) is 3.57. The summed E-state index contributed by atoms with van der Waals surface area (Å²) in [6, 6.07) is 5.30. The first-order valence-corrected chi connectivity index (χ1v) is 7.53. The molecule has 0 aromatic heterocycles. The quantitative estimate of drug-likeness (QED) is 0.564. The van der Waals surface area contributed by atoms with Crippen molar-refractivity contribution in [1.29, 1.82) is 0 Å².